The first-order valence-electron chi connectivity index (χ1n) is 5.02. The van der Waals surface area contributed by atoms with E-state index in [0.717, 1.165) is 12.8 Å². The van der Waals surface area contributed by atoms with E-state index in [0.29, 0.717) is 13.2 Å². The quantitative estimate of drug-likeness (QED) is 0.657. The summed E-state index contributed by atoms with van der Waals surface area (Å²) >= 11 is 0. The Hall–Kier alpha value is -1.46. The highest BCUT2D eigenvalue weighted by molar-refractivity contribution is 5.69. The standard InChI is InChI=1S/C9H18N2O4/c1-3-5-14-8(12)10-7-11-9(13)15-6-4-2/h3-7H2,1-2H3,(H,10,12)(H,11,13). The van der Waals surface area contributed by atoms with Gasteiger partial charge in [-0.25, -0.2) is 9.59 Å². The Morgan fingerprint density at radius 2 is 1.33 bits per heavy atom. The number of carbonyl (C=O) groups is 2. The molecule has 0 aromatic heterocycles. The molecule has 0 rings (SSSR count). The summed E-state index contributed by atoms with van der Waals surface area (Å²) in [5.74, 6) is 0. The number of carbonyl (C=O) groups excluding carboxylic acids is 2. The minimum Gasteiger partial charge on any atom is -0.450 e. The number of nitrogens with one attached hydrogen (secondary N) is 2. The van der Waals surface area contributed by atoms with Crippen molar-refractivity contribution in [1.82, 2.24) is 10.6 Å². The predicted molar refractivity (Wildman–Crippen MR) is 54.4 cm³/mol. The highest BCUT2D eigenvalue weighted by Gasteiger charge is 2.02. The van der Waals surface area contributed by atoms with Crippen LogP contribution in [0.15, 0.2) is 0 Å². The van der Waals surface area contributed by atoms with Gasteiger partial charge in [0.1, 0.15) is 0 Å². The molecule has 15 heavy (non-hydrogen) atoms. The molecule has 0 aliphatic heterocycles. The van der Waals surface area contributed by atoms with Crippen LogP contribution in [0.2, 0.25) is 0 Å². The van der Waals surface area contributed by atoms with Crippen molar-refractivity contribution < 1.29 is 19.1 Å². The Morgan fingerprint density at radius 1 is 0.933 bits per heavy atom. The number of hydrogen-bond acceptors (Lipinski definition) is 4. The molecular formula is C9H18N2O4. The van der Waals surface area contributed by atoms with Gasteiger partial charge in [-0.05, 0) is 12.8 Å². The van der Waals surface area contributed by atoms with Crippen molar-refractivity contribution in [3.63, 3.8) is 0 Å². The second kappa shape index (κ2) is 9.11. The Kier molecular flexibility index (Phi) is 8.22. The first-order valence-corrected chi connectivity index (χ1v) is 5.02. The van der Waals surface area contributed by atoms with Crippen molar-refractivity contribution in [2.45, 2.75) is 26.7 Å². The lowest BCUT2D eigenvalue weighted by molar-refractivity contribution is 0.138. The fourth-order valence-corrected chi connectivity index (χ4v) is 0.680. The van der Waals surface area contributed by atoms with Crippen molar-refractivity contribution in [1.29, 1.82) is 0 Å². The third kappa shape index (κ3) is 8.86. The molecule has 88 valence electrons. The van der Waals surface area contributed by atoms with Crippen LogP contribution in [0.3, 0.4) is 0 Å². The predicted octanol–water partition coefficient (Wildman–Crippen LogP) is 1.22. The molecule has 6 heteroatoms. The van der Waals surface area contributed by atoms with E-state index >= 15 is 0 Å². The molecule has 0 heterocycles. The first-order chi connectivity index (χ1) is 7.20. The summed E-state index contributed by atoms with van der Waals surface area (Å²) < 4.78 is 9.42. The molecule has 2 amide bonds. The maximum Gasteiger partial charge on any atom is 0.408 e. The van der Waals surface area contributed by atoms with Crippen molar-refractivity contribution in [3.8, 4) is 0 Å². The number of amides is 2. The minimum atomic E-state index is -0.548. The van der Waals surface area contributed by atoms with E-state index < -0.39 is 12.2 Å². The van der Waals surface area contributed by atoms with Gasteiger partial charge in [0.2, 0.25) is 0 Å². The second-order valence-corrected chi connectivity index (χ2v) is 2.80. The lowest BCUT2D eigenvalue weighted by Crippen LogP contribution is -2.37. The number of ether oxygens (including phenoxy) is 2. The molecule has 0 aliphatic carbocycles. The molecule has 6 nitrogen and oxygen atoms in total. The molecule has 0 saturated heterocycles. The van der Waals surface area contributed by atoms with E-state index in [9.17, 15) is 9.59 Å². The van der Waals surface area contributed by atoms with Gasteiger partial charge in [-0.1, -0.05) is 13.8 Å². The van der Waals surface area contributed by atoms with Crippen LogP contribution >= 0.6 is 0 Å². The summed E-state index contributed by atoms with van der Waals surface area (Å²) in [7, 11) is 0. The van der Waals surface area contributed by atoms with Crippen molar-refractivity contribution >= 4 is 12.2 Å². The van der Waals surface area contributed by atoms with Crippen LogP contribution in [0.5, 0.6) is 0 Å². The van der Waals surface area contributed by atoms with E-state index in [-0.39, 0.29) is 6.67 Å². The van der Waals surface area contributed by atoms with Gasteiger partial charge in [0, 0.05) is 0 Å². The van der Waals surface area contributed by atoms with Crippen molar-refractivity contribution in [2.75, 3.05) is 19.9 Å². The fourth-order valence-electron chi connectivity index (χ4n) is 0.680. The van der Waals surface area contributed by atoms with Crippen LogP contribution in [0.25, 0.3) is 0 Å². The van der Waals surface area contributed by atoms with Crippen molar-refractivity contribution in [3.05, 3.63) is 0 Å². The smallest absolute Gasteiger partial charge is 0.408 e. The Bertz CT molecular complexity index is 177. The van der Waals surface area contributed by atoms with Crippen LogP contribution in [0.4, 0.5) is 9.59 Å². The summed E-state index contributed by atoms with van der Waals surface area (Å²) in [5, 5.41) is 4.70. The van der Waals surface area contributed by atoms with Gasteiger partial charge < -0.3 is 20.1 Å². The molecule has 0 aromatic carbocycles. The molecule has 0 aliphatic rings. The Morgan fingerprint density at radius 3 is 1.67 bits per heavy atom. The molecule has 0 aromatic rings. The van der Waals surface area contributed by atoms with Gasteiger partial charge >= 0.3 is 12.2 Å². The van der Waals surface area contributed by atoms with Gasteiger partial charge in [0.25, 0.3) is 0 Å². The zero-order chi connectivity index (χ0) is 11.5. The average Bonchev–Trinajstić information content (AvgIpc) is 2.23. The molecule has 0 spiro atoms. The highest BCUT2D eigenvalue weighted by atomic mass is 16.6. The molecule has 2 N–H and O–H groups in total. The Balaban J connectivity index is 3.36. The summed E-state index contributed by atoms with van der Waals surface area (Å²) in [6.07, 6.45) is 0.430. The van der Waals surface area contributed by atoms with Gasteiger partial charge in [-0.15, -0.1) is 0 Å². The summed E-state index contributed by atoms with van der Waals surface area (Å²) in [4.78, 5) is 21.7. The van der Waals surface area contributed by atoms with Gasteiger partial charge in [-0.2, -0.15) is 0 Å². The maximum absolute atomic E-state index is 10.9. The lowest BCUT2D eigenvalue weighted by Gasteiger charge is -2.07. The summed E-state index contributed by atoms with van der Waals surface area (Å²) in [5.41, 5.74) is 0. The van der Waals surface area contributed by atoms with Crippen LogP contribution in [0, 0.1) is 0 Å². The molecule has 0 fully saturated rings. The van der Waals surface area contributed by atoms with E-state index in [1.165, 1.54) is 0 Å². The second-order valence-electron chi connectivity index (χ2n) is 2.80. The minimum absolute atomic E-state index is 0.00505. The summed E-state index contributed by atoms with van der Waals surface area (Å²) in [6, 6.07) is 0. The molecular weight excluding hydrogens is 200 g/mol. The zero-order valence-electron chi connectivity index (χ0n) is 9.17. The average molecular weight is 218 g/mol. The lowest BCUT2D eigenvalue weighted by atomic mass is 10.5. The number of hydrogen-bond donors (Lipinski definition) is 2. The first kappa shape index (κ1) is 13.5. The highest BCUT2D eigenvalue weighted by Crippen LogP contribution is 1.82. The topological polar surface area (TPSA) is 76.7 Å². The van der Waals surface area contributed by atoms with Gasteiger partial charge in [0.05, 0.1) is 19.9 Å². The Labute approximate surface area is 89.3 Å². The maximum atomic E-state index is 10.9. The SMILES string of the molecule is CCCOC(=O)NCNC(=O)OCCC. The molecule has 0 unspecified atom stereocenters. The van der Waals surface area contributed by atoms with E-state index in [1.807, 2.05) is 13.8 Å². The molecule has 0 radical (unpaired) electrons. The normalized spacial score (nSPS) is 9.20. The largest absolute Gasteiger partial charge is 0.450 e. The third-order valence-corrected chi connectivity index (χ3v) is 1.34. The van der Waals surface area contributed by atoms with Gasteiger partial charge in [-0.3, -0.25) is 0 Å². The van der Waals surface area contributed by atoms with E-state index in [2.05, 4.69) is 10.6 Å². The number of rotatable bonds is 6. The zero-order valence-corrected chi connectivity index (χ0v) is 9.17. The molecule has 0 bridgehead atoms. The number of alkyl carbamates (subject to hydrolysis) is 2. The van der Waals surface area contributed by atoms with Crippen LogP contribution in [-0.2, 0) is 9.47 Å². The monoisotopic (exact) mass is 218 g/mol. The van der Waals surface area contributed by atoms with Gasteiger partial charge in [0.15, 0.2) is 0 Å². The third-order valence-electron chi connectivity index (χ3n) is 1.34. The van der Waals surface area contributed by atoms with Crippen molar-refractivity contribution in [2.24, 2.45) is 0 Å². The van der Waals surface area contributed by atoms with Crippen LogP contribution < -0.4 is 10.6 Å². The van der Waals surface area contributed by atoms with Crippen LogP contribution in [0.1, 0.15) is 26.7 Å². The van der Waals surface area contributed by atoms with E-state index in [4.69, 9.17) is 9.47 Å². The van der Waals surface area contributed by atoms with E-state index in [1.54, 1.807) is 0 Å². The molecule has 0 saturated carbocycles. The summed E-state index contributed by atoms with van der Waals surface area (Å²) in [6.45, 7) is 4.53. The fraction of sp³-hybridized carbons (Fsp3) is 0.778. The molecule has 0 atom stereocenters. The van der Waals surface area contributed by atoms with Crippen LogP contribution in [-0.4, -0.2) is 32.1 Å².